The summed E-state index contributed by atoms with van der Waals surface area (Å²) in [5, 5.41) is 0. The molecule has 17 heavy (non-hydrogen) atoms. The third kappa shape index (κ3) is 1.58. The van der Waals surface area contributed by atoms with E-state index in [1.165, 1.54) is 13.0 Å². The van der Waals surface area contributed by atoms with Crippen LogP contribution in [0.5, 0.6) is 0 Å². The van der Waals surface area contributed by atoms with Crippen LogP contribution in [0.25, 0.3) is 0 Å². The normalized spacial score (nSPS) is 15.7. The largest absolute Gasteiger partial charge is 0.297 e. The van der Waals surface area contributed by atoms with Gasteiger partial charge in [-0.05, 0) is 19.1 Å². The van der Waals surface area contributed by atoms with E-state index >= 15 is 0 Å². The van der Waals surface area contributed by atoms with Gasteiger partial charge in [0, 0.05) is 0 Å². The molecule has 1 aromatic rings. The highest BCUT2D eigenvalue weighted by Crippen LogP contribution is 2.24. The van der Waals surface area contributed by atoms with E-state index < -0.39 is 17.9 Å². The van der Waals surface area contributed by atoms with Gasteiger partial charge in [-0.2, -0.15) is 0 Å². The van der Waals surface area contributed by atoms with Crippen molar-refractivity contribution in [3.8, 4) is 0 Å². The monoisotopic (exact) mass is 229 g/mol. The number of Topliss-reactive ketones (excluding diaryl/α,β-unsaturated/α-hetero) is 1. The van der Waals surface area contributed by atoms with Crippen molar-refractivity contribution in [1.82, 2.24) is 4.90 Å². The predicted molar refractivity (Wildman–Crippen MR) is 61.6 cm³/mol. The summed E-state index contributed by atoms with van der Waals surface area (Å²) in [6, 6.07) is 5.64. The van der Waals surface area contributed by atoms with Gasteiger partial charge >= 0.3 is 0 Å². The molecule has 0 bridgehead atoms. The number of hydrogen-bond donors (Lipinski definition) is 0. The Balaban J connectivity index is 2.49. The van der Waals surface area contributed by atoms with Gasteiger partial charge in [0.05, 0.1) is 11.1 Å². The second kappa shape index (κ2) is 3.97. The van der Waals surface area contributed by atoms with E-state index in [1.807, 2.05) is 0 Å². The average Bonchev–Trinajstić information content (AvgIpc) is 2.56. The van der Waals surface area contributed by atoms with Crippen molar-refractivity contribution < 1.29 is 14.4 Å². The third-order valence-electron chi connectivity index (χ3n) is 2.74. The maximum atomic E-state index is 12.0. The molecule has 0 N–H and O–H groups in total. The first-order valence-electron chi connectivity index (χ1n) is 5.18. The minimum absolute atomic E-state index is 0.283. The number of fused-ring (bicyclic) bond motifs is 1. The van der Waals surface area contributed by atoms with E-state index in [2.05, 4.69) is 6.58 Å². The van der Waals surface area contributed by atoms with Gasteiger partial charge in [-0.15, -0.1) is 6.58 Å². The summed E-state index contributed by atoms with van der Waals surface area (Å²) in [4.78, 5) is 36.4. The zero-order chi connectivity index (χ0) is 12.6. The highest BCUT2D eigenvalue weighted by atomic mass is 16.2. The number of benzene rings is 1. The van der Waals surface area contributed by atoms with Crippen molar-refractivity contribution in [1.29, 1.82) is 0 Å². The molecule has 2 amide bonds. The predicted octanol–water partition coefficient (Wildman–Crippen LogP) is 1.43. The Kier molecular flexibility index (Phi) is 2.63. The molecule has 1 atom stereocenters. The van der Waals surface area contributed by atoms with Gasteiger partial charge in [-0.1, -0.05) is 18.2 Å². The molecule has 86 valence electrons. The SMILES string of the molecule is C=CC(C(C)=O)N1C(=O)c2ccccc2C1=O. The summed E-state index contributed by atoms with van der Waals surface area (Å²) in [6.45, 7) is 4.82. The van der Waals surface area contributed by atoms with Crippen molar-refractivity contribution in [2.24, 2.45) is 0 Å². The molecule has 1 heterocycles. The van der Waals surface area contributed by atoms with Crippen molar-refractivity contribution in [2.45, 2.75) is 13.0 Å². The summed E-state index contributed by atoms with van der Waals surface area (Å²) in [5.41, 5.74) is 0.677. The molecular formula is C13H11NO3. The van der Waals surface area contributed by atoms with Crippen molar-refractivity contribution in [2.75, 3.05) is 0 Å². The Morgan fingerprint density at radius 1 is 1.24 bits per heavy atom. The van der Waals surface area contributed by atoms with Crippen LogP contribution < -0.4 is 0 Å². The molecule has 1 aliphatic rings. The van der Waals surface area contributed by atoms with Crippen molar-refractivity contribution in [3.05, 3.63) is 48.0 Å². The Hall–Kier alpha value is -2.23. The minimum Gasteiger partial charge on any atom is -0.297 e. The first kappa shape index (κ1) is 11.3. The zero-order valence-electron chi connectivity index (χ0n) is 9.34. The Morgan fingerprint density at radius 3 is 2.06 bits per heavy atom. The summed E-state index contributed by atoms with van der Waals surface area (Å²) >= 11 is 0. The van der Waals surface area contributed by atoms with Gasteiger partial charge in [0.1, 0.15) is 6.04 Å². The van der Waals surface area contributed by atoms with Gasteiger partial charge in [0.25, 0.3) is 11.8 Å². The molecule has 4 heteroatoms. The second-order valence-electron chi connectivity index (χ2n) is 3.82. The fourth-order valence-electron chi connectivity index (χ4n) is 1.91. The van der Waals surface area contributed by atoms with Crippen molar-refractivity contribution in [3.63, 3.8) is 0 Å². The molecule has 2 rings (SSSR count). The molecular weight excluding hydrogens is 218 g/mol. The molecule has 1 aliphatic heterocycles. The molecule has 4 nitrogen and oxygen atoms in total. The Labute approximate surface area is 98.5 Å². The van der Waals surface area contributed by atoms with Crippen LogP contribution in [-0.2, 0) is 4.79 Å². The number of carbonyl (C=O) groups excluding carboxylic acids is 3. The summed E-state index contributed by atoms with van der Waals surface area (Å²) in [6.07, 6.45) is 1.31. The lowest BCUT2D eigenvalue weighted by molar-refractivity contribution is -0.119. The molecule has 0 radical (unpaired) electrons. The molecule has 0 spiro atoms. The average molecular weight is 229 g/mol. The number of hydrogen-bond acceptors (Lipinski definition) is 3. The van der Waals surface area contributed by atoms with E-state index in [-0.39, 0.29) is 5.78 Å². The fraction of sp³-hybridized carbons (Fsp3) is 0.154. The zero-order valence-corrected chi connectivity index (χ0v) is 9.34. The molecule has 0 fully saturated rings. The van der Waals surface area contributed by atoms with Crippen LogP contribution in [0.4, 0.5) is 0 Å². The van der Waals surface area contributed by atoms with E-state index in [1.54, 1.807) is 24.3 Å². The quantitative estimate of drug-likeness (QED) is 0.582. The lowest BCUT2D eigenvalue weighted by Crippen LogP contribution is -2.42. The molecule has 0 aromatic heterocycles. The van der Waals surface area contributed by atoms with Crippen LogP contribution in [0.1, 0.15) is 27.6 Å². The van der Waals surface area contributed by atoms with Gasteiger partial charge in [0.15, 0.2) is 5.78 Å². The molecule has 1 aromatic carbocycles. The number of amides is 2. The summed E-state index contributed by atoms with van der Waals surface area (Å²) in [7, 11) is 0. The third-order valence-corrected chi connectivity index (χ3v) is 2.74. The highest BCUT2D eigenvalue weighted by Gasteiger charge is 2.40. The highest BCUT2D eigenvalue weighted by molar-refractivity contribution is 6.23. The minimum atomic E-state index is -0.887. The first-order chi connectivity index (χ1) is 8.07. The smallest absolute Gasteiger partial charge is 0.262 e. The van der Waals surface area contributed by atoms with Crippen LogP contribution in [0.15, 0.2) is 36.9 Å². The van der Waals surface area contributed by atoms with Crippen LogP contribution in [0.2, 0.25) is 0 Å². The van der Waals surface area contributed by atoms with Crippen molar-refractivity contribution >= 4 is 17.6 Å². The topological polar surface area (TPSA) is 54.5 Å². The number of nitrogens with zero attached hydrogens (tertiary/aromatic N) is 1. The summed E-state index contributed by atoms with van der Waals surface area (Å²) < 4.78 is 0. The maximum absolute atomic E-state index is 12.0. The number of imide groups is 1. The molecule has 0 aliphatic carbocycles. The standard InChI is InChI=1S/C13H11NO3/c1-3-11(8(2)15)14-12(16)9-6-4-5-7-10(9)13(14)17/h3-7,11H,1H2,2H3. The van der Waals surface area contributed by atoms with E-state index in [4.69, 9.17) is 0 Å². The number of rotatable bonds is 3. The molecule has 0 saturated heterocycles. The fourth-order valence-corrected chi connectivity index (χ4v) is 1.91. The lowest BCUT2D eigenvalue weighted by Gasteiger charge is -2.20. The maximum Gasteiger partial charge on any atom is 0.262 e. The Bertz CT molecular complexity index is 498. The lowest BCUT2D eigenvalue weighted by atomic mass is 10.1. The van der Waals surface area contributed by atoms with E-state index in [0.29, 0.717) is 11.1 Å². The second-order valence-corrected chi connectivity index (χ2v) is 3.82. The summed E-state index contributed by atoms with van der Waals surface area (Å²) in [5.74, 6) is -1.16. The van der Waals surface area contributed by atoms with Gasteiger partial charge < -0.3 is 0 Å². The Morgan fingerprint density at radius 2 is 1.71 bits per heavy atom. The van der Waals surface area contributed by atoms with Crippen LogP contribution in [0, 0.1) is 0 Å². The van der Waals surface area contributed by atoms with Crippen LogP contribution in [0.3, 0.4) is 0 Å². The number of carbonyl (C=O) groups is 3. The van der Waals surface area contributed by atoms with E-state index in [0.717, 1.165) is 4.90 Å². The van der Waals surface area contributed by atoms with Gasteiger partial charge in [-0.3, -0.25) is 19.3 Å². The van der Waals surface area contributed by atoms with Gasteiger partial charge in [-0.25, -0.2) is 0 Å². The number of ketones is 1. The van der Waals surface area contributed by atoms with Crippen LogP contribution in [-0.4, -0.2) is 28.5 Å². The van der Waals surface area contributed by atoms with E-state index in [9.17, 15) is 14.4 Å². The molecule has 0 saturated carbocycles. The van der Waals surface area contributed by atoms with Gasteiger partial charge in [0.2, 0.25) is 0 Å². The first-order valence-corrected chi connectivity index (χ1v) is 5.18. The van der Waals surface area contributed by atoms with Crippen LogP contribution >= 0.6 is 0 Å². The molecule has 1 unspecified atom stereocenters.